The molecule has 0 aromatic heterocycles. The molecule has 1 aromatic carbocycles. The highest BCUT2D eigenvalue weighted by atomic mass is 32.2. The molecule has 3 heteroatoms. The average Bonchev–Trinajstić information content (AvgIpc) is 2.71. The number of thiol groups is 1. The standard InChI is InChI=1S/C11H16S3/c1-14(2)10-5-3-9(4-6-10)11-12-7-8-13-11/h3-6,11,14H,7-8H2,1-2H3. The molecule has 0 nitrogen and oxygen atoms in total. The van der Waals surface area contributed by atoms with Crippen LogP contribution in [0.1, 0.15) is 10.1 Å². The molecule has 0 amide bonds. The van der Waals surface area contributed by atoms with E-state index in [-0.39, 0.29) is 10.9 Å². The van der Waals surface area contributed by atoms with Gasteiger partial charge in [-0.2, -0.15) is 0 Å². The minimum absolute atomic E-state index is 0.0663. The van der Waals surface area contributed by atoms with Gasteiger partial charge in [0.15, 0.2) is 0 Å². The third-order valence-corrected chi connectivity index (χ3v) is 6.74. The van der Waals surface area contributed by atoms with Crippen molar-refractivity contribution in [2.45, 2.75) is 9.48 Å². The van der Waals surface area contributed by atoms with E-state index in [1.165, 1.54) is 22.0 Å². The minimum Gasteiger partial charge on any atom is -0.233 e. The van der Waals surface area contributed by atoms with E-state index in [0.717, 1.165) is 0 Å². The second kappa shape index (κ2) is 4.86. The largest absolute Gasteiger partial charge is 0.233 e. The van der Waals surface area contributed by atoms with Crippen LogP contribution in [-0.4, -0.2) is 24.0 Å². The zero-order valence-corrected chi connectivity index (χ0v) is 11.1. The van der Waals surface area contributed by atoms with Crippen molar-refractivity contribution in [1.82, 2.24) is 0 Å². The van der Waals surface area contributed by atoms with Crippen molar-refractivity contribution in [1.29, 1.82) is 0 Å². The van der Waals surface area contributed by atoms with Crippen LogP contribution in [0.3, 0.4) is 0 Å². The summed E-state index contributed by atoms with van der Waals surface area (Å²) in [6.45, 7) is 0. The molecule has 2 rings (SSSR count). The Morgan fingerprint density at radius 3 is 2.14 bits per heavy atom. The summed E-state index contributed by atoms with van der Waals surface area (Å²) >= 11 is 4.16. The highest BCUT2D eigenvalue weighted by Gasteiger charge is 2.17. The first-order valence-corrected chi connectivity index (χ1v) is 9.11. The van der Waals surface area contributed by atoms with Crippen molar-refractivity contribution in [3.05, 3.63) is 29.8 Å². The maximum absolute atomic E-state index is 2.31. The van der Waals surface area contributed by atoms with E-state index in [2.05, 4.69) is 60.3 Å². The van der Waals surface area contributed by atoms with Crippen molar-refractivity contribution in [3.8, 4) is 0 Å². The topological polar surface area (TPSA) is 0 Å². The molecule has 0 spiro atoms. The van der Waals surface area contributed by atoms with Crippen LogP contribution in [0.15, 0.2) is 29.2 Å². The van der Waals surface area contributed by atoms with Gasteiger partial charge >= 0.3 is 0 Å². The molecular formula is C11H16S3. The number of thioether (sulfide) groups is 2. The summed E-state index contributed by atoms with van der Waals surface area (Å²) in [4.78, 5) is 1.51. The molecule has 0 aliphatic carbocycles. The molecule has 1 aliphatic rings. The number of hydrogen-bond donors (Lipinski definition) is 1. The second-order valence-electron chi connectivity index (χ2n) is 3.56. The molecule has 14 heavy (non-hydrogen) atoms. The summed E-state index contributed by atoms with van der Waals surface area (Å²) in [7, 11) is 0.0663. The monoisotopic (exact) mass is 244 g/mol. The predicted octanol–water partition coefficient (Wildman–Crippen LogP) is 3.78. The minimum atomic E-state index is 0.0663. The fourth-order valence-corrected chi connectivity index (χ4v) is 5.09. The lowest BCUT2D eigenvalue weighted by Crippen LogP contribution is -1.85. The molecule has 0 atom stereocenters. The first kappa shape index (κ1) is 10.8. The van der Waals surface area contributed by atoms with Crippen molar-refractivity contribution in [2.24, 2.45) is 0 Å². The lowest BCUT2D eigenvalue weighted by molar-refractivity contribution is 1.33. The van der Waals surface area contributed by atoms with Crippen molar-refractivity contribution in [2.75, 3.05) is 24.0 Å². The number of hydrogen-bond acceptors (Lipinski definition) is 2. The summed E-state index contributed by atoms with van der Waals surface area (Å²) in [5.74, 6) is 2.62. The quantitative estimate of drug-likeness (QED) is 0.786. The molecule has 0 saturated carbocycles. The Labute approximate surface area is 97.6 Å². The Morgan fingerprint density at radius 1 is 1.07 bits per heavy atom. The van der Waals surface area contributed by atoms with Crippen LogP contribution in [0.5, 0.6) is 0 Å². The molecule has 1 fully saturated rings. The highest BCUT2D eigenvalue weighted by Crippen LogP contribution is 2.45. The SMILES string of the molecule is C[SH](C)c1ccc(C2SCCS2)cc1. The van der Waals surface area contributed by atoms with Gasteiger partial charge in [0.2, 0.25) is 0 Å². The second-order valence-corrected chi connectivity index (χ2v) is 8.59. The third kappa shape index (κ3) is 2.44. The fraction of sp³-hybridized carbons (Fsp3) is 0.455. The van der Waals surface area contributed by atoms with Crippen LogP contribution >= 0.6 is 34.4 Å². The van der Waals surface area contributed by atoms with Crippen molar-refractivity contribution >= 4 is 34.4 Å². The van der Waals surface area contributed by atoms with Gasteiger partial charge in [-0.3, -0.25) is 0 Å². The maximum Gasteiger partial charge on any atom is 0.0751 e. The molecule has 1 saturated heterocycles. The Bertz CT molecular complexity index is 286. The first-order valence-electron chi connectivity index (χ1n) is 4.78. The fourth-order valence-electron chi connectivity index (χ4n) is 1.48. The van der Waals surface area contributed by atoms with Crippen LogP contribution in [-0.2, 0) is 0 Å². The number of benzene rings is 1. The normalized spacial score (nSPS) is 18.6. The first-order chi connectivity index (χ1) is 6.77. The summed E-state index contributed by atoms with van der Waals surface area (Å²) in [6, 6.07) is 9.24. The van der Waals surface area contributed by atoms with E-state index in [1.807, 2.05) is 0 Å². The summed E-state index contributed by atoms with van der Waals surface area (Å²) in [5.41, 5.74) is 1.50. The van der Waals surface area contributed by atoms with E-state index in [4.69, 9.17) is 0 Å². The molecule has 1 heterocycles. The van der Waals surface area contributed by atoms with E-state index < -0.39 is 0 Å². The Kier molecular flexibility index (Phi) is 3.74. The molecule has 0 unspecified atom stereocenters. The predicted molar refractivity (Wildman–Crippen MR) is 73.2 cm³/mol. The average molecular weight is 244 g/mol. The van der Waals surface area contributed by atoms with Crippen molar-refractivity contribution < 1.29 is 0 Å². The smallest absolute Gasteiger partial charge is 0.0751 e. The van der Waals surface area contributed by atoms with Crippen LogP contribution < -0.4 is 0 Å². The number of rotatable bonds is 2. The van der Waals surface area contributed by atoms with E-state index >= 15 is 0 Å². The third-order valence-electron chi connectivity index (χ3n) is 2.30. The maximum atomic E-state index is 2.31. The van der Waals surface area contributed by atoms with Gasteiger partial charge < -0.3 is 0 Å². The van der Waals surface area contributed by atoms with Gasteiger partial charge in [-0.15, -0.1) is 23.5 Å². The zero-order valence-electron chi connectivity index (χ0n) is 8.56. The van der Waals surface area contributed by atoms with Gasteiger partial charge in [0.25, 0.3) is 0 Å². The van der Waals surface area contributed by atoms with E-state index in [0.29, 0.717) is 4.58 Å². The molecular weight excluding hydrogens is 228 g/mol. The lowest BCUT2D eigenvalue weighted by atomic mass is 10.2. The van der Waals surface area contributed by atoms with E-state index in [9.17, 15) is 0 Å². The molecule has 1 aromatic rings. The van der Waals surface area contributed by atoms with Gasteiger partial charge in [0.1, 0.15) is 0 Å². The lowest BCUT2D eigenvalue weighted by Gasteiger charge is -2.12. The van der Waals surface area contributed by atoms with Crippen LogP contribution in [0.4, 0.5) is 0 Å². The van der Waals surface area contributed by atoms with Gasteiger partial charge in [-0.1, -0.05) is 12.1 Å². The zero-order chi connectivity index (χ0) is 9.97. The van der Waals surface area contributed by atoms with Gasteiger partial charge in [-0.05, 0) is 35.1 Å². The van der Waals surface area contributed by atoms with Gasteiger partial charge in [-0.25, -0.2) is 10.9 Å². The Hall–Kier alpha value is 0.270. The van der Waals surface area contributed by atoms with Crippen LogP contribution in [0.2, 0.25) is 0 Å². The Morgan fingerprint density at radius 2 is 1.64 bits per heavy atom. The van der Waals surface area contributed by atoms with Crippen molar-refractivity contribution in [3.63, 3.8) is 0 Å². The molecule has 1 aliphatic heterocycles. The Balaban J connectivity index is 2.12. The van der Waals surface area contributed by atoms with Crippen LogP contribution in [0.25, 0.3) is 0 Å². The molecule has 0 radical (unpaired) electrons. The van der Waals surface area contributed by atoms with E-state index in [1.54, 1.807) is 0 Å². The highest BCUT2D eigenvalue weighted by molar-refractivity contribution is 8.19. The summed E-state index contributed by atoms with van der Waals surface area (Å²) in [6.07, 6.45) is 4.62. The van der Waals surface area contributed by atoms with Gasteiger partial charge in [0.05, 0.1) is 4.58 Å². The summed E-state index contributed by atoms with van der Waals surface area (Å²) < 4.78 is 0.698. The summed E-state index contributed by atoms with van der Waals surface area (Å²) in [5, 5.41) is 0. The molecule has 0 bridgehead atoms. The molecule has 0 N–H and O–H groups in total. The molecule has 78 valence electrons. The van der Waals surface area contributed by atoms with Gasteiger partial charge in [0, 0.05) is 11.5 Å². The van der Waals surface area contributed by atoms with Crippen LogP contribution in [0, 0.1) is 0 Å².